The number of hydrogen-bond donors (Lipinski definition) is 2. The fourth-order valence-corrected chi connectivity index (χ4v) is 2.33. The Kier molecular flexibility index (Phi) is 4.89. The van der Waals surface area contributed by atoms with Crippen molar-refractivity contribution in [2.75, 3.05) is 11.9 Å². The maximum Gasteiger partial charge on any atom is 0.332 e. The van der Waals surface area contributed by atoms with E-state index < -0.39 is 17.3 Å². The molecule has 1 aromatic carbocycles. The molecular formula is C15H15ClN4O3. The molecule has 2 aromatic rings. The van der Waals surface area contributed by atoms with Gasteiger partial charge in [-0.2, -0.15) is 5.26 Å². The van der Waals surface area contributed by atoms with Crippen LogP contribution in [0.3, 0.4) is 0 Å². The molecular weight excluding hydrogens is 320 g/mol. The lowest BCUT2D eigenvalue weighted by atomic mass is 10.1. The number of rotatable bonds is 4. The molecule has 8 heteroatoms. The first-order chi connectivity index (χ1) is 10.9. The average Bonchev–Trinajstić information content (AvgIpc) is 2.56. The van der Waals surface area contributed by atoms with Gasteiger partial charge in [0.15, 0.2) is 5.56 Å². The summed E-state index contributed by atoms with van der Waals surface area (Å²) in [5.41, 5.74) is -0.744. The molecule has 7 nitrogen and oxygen atoms in total. The monoisotopic (exact) mass is 334 g/mol. The van der Waals surface area contributed by atoms with Gasteiger partial charge in [-0.3, -0.25) is 13.9 Å². The predicted molar refractivity (Wildman–Crippen MR) is 86.5 cm³/mol. The van der Waals surface area contributed by atoms with E-state index in [-0.39, 0.29) is 18.0 Å². The minimum Gasteiger partial charge on any atom is -0.394 e. The highest BCUT2D eigenvalue weighted by Gasteiger charge is 2.19. The summed E-state index contributed by atoms with van der Waals surface area (Å²) in [5.74, 6) is 0.0644. The molecule has 1 atom stereocenters. The average molecular weight is 335 g/mol. The molecule has 120 valence electrons. The van der Waals surface area contributed by atoms with Crippen molar-refractivity contribution in [2.45, 2.75) is 6.04 Å². The largest absolute Gasteiger partial charge is 0.394 e. The summed E-state index contributed by atoms with van der Waals surface area (Å²) in [4.78, 5) is 24.1. The Labute approximate surface area is 137 Å². The number of aliphatic hydroxyl groups excluding tert-OH is 1. The zero-order chi connectivity index (χ0) is 17.1. The van der Waals surface area contributed by atoms with Crippen LogP contribution in [-0.4, -0.2) is 20.8 Å². The second kappa shape index (κ2) is 6.69. The van der Waals surface area contributed by atoms with Gasteiger partial charge in [0.1, 0.15) is 11.9 Å². The Bertz CT molecular complexity index is 878. The third kappa shape index (κ3) is 3.13. The summed E-state index contributed by atoms with van der Waals surface area (Å²) in [6.07, 6.45) is 0. The van der Waals surface area contributed by atoms with E-state index in [9.17, 15) is 20.0 Å². The predicted octanol–water partition coefficient (Wildman–Crippen LogP) is 0.755. The number of aliphatic hydroxyl groups is 1. The van der Waals surface area contributed by atoms with Crippen LogP contribution in [0.1, 0.15) is 17.2 Å². The molecule has 0 amide bonds. The molecule has 1 aromatic heterocycles. The molecule has 0 fully saturated rings. The van der Waals surface area contributed by atoms with E-state index in [0.29, 0.717) is 10.6 Å². The first kappa shape index (κ1) is 16.8. The van der Waals surface area contributed by atoms with Gasteiger partial charge in [0, 0.05) is 19.1 Å². The molecule has 0 saturated carbocycles. The van der Waals surface area contributed by atoms with Crippen molar-refractivity contribution in [2.24, 2.45) is 14.1 Å². The van der Waals surface area contributed by atoms with Gasteiger partial charge in [-0.05, 0) is 17.7 Å². The van der Waals surface area contributed by atoms with Gasteiger partial charge in [-0.25, -0.2) is 4.79 Å². The molecule has 0 aliphatic rings. The van der Waals surface area contributed by atoms with E-state index in [1.54, 1.807) is 30.3 Å². The lowest BCUT2D eigenvalue weighted by Crippen LogP contribution is -2.40. The zero-order valence-corrected chi connectivity index (χ0v) is 13.3. The highest BCUT2D eigenvalue weighted by atomic mass is 35.5. The smallest absolute Gasteiger partial charge is 0.332 e. The van der Waals surface area contributed by atoms with Crippen LogP contribution in [-0.2, 0) is 14.1 Å². The van der Waals surface area contributed by atoms with E-state index in [4.69, 9.17) is 11.6 Å². The Morgan fingerprint density at radius 3 is 2.39 bits per heavy atom. The van der Waals surface area contributed by atoms with Crippen molar-refractivity contribution in [3.8, 4) is 6.07 Å². The third-order valence-electron chi connectivity index (χ3n) is 3.54. The molecule has 0 radical (unpaired) electrons. The van der Waals surface area contributed by atoms with Crippen molar-refractivity contribution in [3.05, 3.63) is 61.3 Å². The number of nitrogens with zero attached hydrogens (tertiary/aromatic N) is 3. The van der Waals surface area contributed by atoms with Crippen LogP contribution in [0.25, 0.3) is 0 Å². The van der Waals surface area contributed by atoms with E-state index in [1.165, 1.54) is 18.7 Å². The van der Waals surface area contributed by atoms with Crippen LogP contribution in [0.2, 0.25) is 5.02 Å². The number of anilines is 1. The molecule has 23 heavy (non-hydrogen) atoms. The lowest BCUT2D eigenvalue weighted by Gasteiger charge is -2.21. The summed E-state index contributed by atoms with van der Waals surface area (Å²) in [6, 6.07) is 7.95. The molecule has 1 unspecified atom stereocenters. The Balaban J connectivity index is 2.54. The van der Waals surface area contributed by atoms with E-state index in [2.05, 4.69) is 5.32 Å². The number of benzene rings is 1. The molecule has 0 spiro atoms. The molecule has 0 saturated heterocycles. The standard InChI is InChI=1S/C15H15ClN4O3/c1-19-13(11(7-17)14(22)20(2)15(19)23)18-12(8-21)9-3-5-10(16)6-4-9/h3-6,12,18,21H,8H2,1-2H3. The maximum absolute atomic E-state index is 12.1. The molecule has 1 heterocycles. The van der Waals surface area contributed by atoms with Crippen molar-refractivity contribution < 1.29 is 5.11 Å². The highest BCUT2D eigenvalue weighted by Crippen LogP contribution is 2.21. The second-order valence-electron chi connectivity index (χ2n) is 4.97. The summed E-state index contributed by atoms with van der Waals surface area (Å²) in [7, 11) is 2.75. The number of halogens is 1. The summed E-state index contributed by atoms with van der Waals surface area (Å²) >= 11 is 5.84. The van der Waals surface area contributed by atoms with Crippen molar-refractivity contribution in [1.82, 2.24) is 9.13 Å². The first-order valence-electron chi connectivity index (χ1n) is 6.73. The number of hydrogen-bond acceptors (Lipinski definition) is 5. The van der Waals surface area contributed by atoms with Crippen LogP contribution in [0.15, 0.2) is 33.9 Å². The summed E-state index contributed by atoms with van der Waals surface area (Å²) < 4.78 is 2.03. The van der Waals surface area contributed by atoms with Gasteiger partial charge < -0.3 is 10.4 Å². The minimum atomic E-state index is -0.689. The Morgan fingerprint density at radius 1 is 1.26 bits per heavy atom. The van der Waals surface area contributed by atoms with Gasteiger partial charge in [0.25, 0.3) is 5.56 Å². The maximum atomic E-state index is 12.1. The lowest BCUT2D eigenvalue weighted by molar-refractivity contribution is 0.275. The molecule has 2 rings (SSSR count). The van der Waals surface area contributed by atoms with Gasteiger partial charge in [-0.1, -0.05) is 23.7 Å². The van der Waals surface area contributed by atoms with Crippen LogP contribution in [0.5, 0.6) is 0 Å². The fraction of sp³-hybridized carbons (Fsp3) is 0.267. The number of aromatic nitrogens is 2. The van der Waals surface area contributed by atoms with Gasteiger partial charge in [0.2, 0.25) is 0 Å². The first-order valence-corrected chi connectivity index (χ1v) is 7.11. The normalized spacial score (nSPS) is 11.8. The Morgan fingerprint density at radius 2 is 1.87 bits per heavy atom. The topological polar surface area (TPSA) is 100 Å². The Hall–Kier alpha value is -2.56. The molecule has 2 N–H and O–H groups in total. The fourth-order valence-electron chi connectivity index (χ4n) is 2.21. The quantitative estimate of drug-likeness (QED) is 0.859. The highest BCUT2D eigenvalue weighted by molar-refractivity contribution is 6.30. The summed E-state index contributed by atoms with van der Waals surface area (Å²) in [5, 5.41) is 22.3. The summed E-state index contributed by atoms with van der Waals surface area (Å²) in [6.45, 7) is -0.296. The van der Waals surface area contributed by atoms with Crippen LogP contribution >= 0.6 is 11.6 Å². The van der Waals surface area contributed by atoms with E-state index >= 15 is 0 Å². The van der Waals surface area contributed by atoms with Gasteiger partial charge in [-0.15, -0.1) is 0 Å². The third-order valence-corrected chi connectivity index (χ3v) is 3.79. The van der Waals surface area contributed by atoms with Gasteiger partial charge in [0.05, 0.1) is 12.6 Å². The molecule has 0 bridgehead atoms. The van der Waals surface area contributed by atoms with Crippen molar-refractivity contribution in [3.63, 3.8) is 0 Å². The van der Waals surface area contributed by atoms with E-state index in [1.807, 2.05) is 0 Å². The van der Waals surface area contributed by atoms with E-state index in [0.717, 1.165) is 4.57 Å². The van der Waals surface area contributed by atoms with Crippen LogP contribution in [0.4, 0.5) is 5.82 Å². The van der Waals surface area contributed by atoms with Gasteiger partial charge >= 0.3 is 5.69 Å². The minimum absolute atomic E-state index is 0.0644. The zero-order valence-electron chi connectivity index (χ0n) is 12.6. The SMILES string of the molecule is Cn1c(NC(CO)c2ccc(Cl)cc2)c(C#N)c(=O)n(C)c1=O. The molecule has 0 aliphatic carbocycles. The van der Waals surface area contributed by atoms with Crippen molar-refractivity contribution in [1.29, 1.82) is 5.26 Å². The second-order valence-corrected chi connectivity index (χ2v) is 5.41. The molecule has 0 aliphatic heterocycles. The van der Waals surface area contributed by atoms with Crippen LogP contribution in [0, 0.1) is 11.3 Å². The van der Waals surface area contributed by atoms with Crippen molar-refractivity contribution >= 4 is 17.4 Å². The number of nitrogens with one attached hydrogen (secondary N) is 1. The number of nitriles is 1. The van der Waals surface area contributed by atoms with Crippen LogP contribution < -0.4 is 16.6 Å².